The molecule has 0 saturated carbocycles. The predicted molar refractivity (Wildman–Crippen MR) is 146 cm³/mol. The highest BCUT2D eigenvalue weighted by molar-refractivity contribution is 7.99. The van der Waals surface area contributed by atoms with Crippen LogP contribution in [0.4, 0.5) is 5.00 Å². The second kappa shape index (κ2) is 10.8. The first-order chi connectivity index (χ1) is 15.6. The summed E-state index contributed by atoms with van der Waals surface area (Å²) in [7, 11) is 2.15. The molecule has 1 aliphatic rings. The van der Waals surface area contributed by atoms with Gasteiger partial charge in [0, 0.05) is 45.6 Å². The monoisotopic (exact) mass is 535 g/mol. The quantitative estimate of drug-likeness (QED) is 0.265. The van der Waals surface area contributed by atoms with Crippen LogP contribution in [0.2, 0.25) is 5.02 Å². The summed E-state index contributed by atoms with van der Waals surface area (Å²) in [6, 6.07) is 15.9. The molecular formula is C24H23Cl2N3OS3. The van der Waals surface area contributed by atoms with Crippen LogP contribution in [0.25, 0.3) is 20.8 Å². The van der Waals surface area contributed by atoms with E-state index in [0.29, 0.717) is 6.42 Å². The van der Waals surface area contributed by atoms with E-state index in [4.69, 9.17) is 16.6 Å². The highest BCUT2D eigenvalue weighted by atomic mass is 35.5. The van der Waals surface area contributed by atoms with E-state index in [2.05, 4.69) is 23.3 Å². The number of hydrogen-bond acceptors (Lipinski definition) is 6. The maximum Gasteiger partial charge on any atom is 0.225 e. The van der Waals surface area contributed by atoms with Gasteiger partial charge < -0.3 is 10.2 Å². The van der Waals surface area contributed by atoms with Gasteiger partial charge in [0.15, 0.2) is 0 Å². The number of para-hydroxylation sites is 1. The van der Waals surface area contributed by atoms with Crippen molar-refractivity contribution >= 4 is 79.6 Å². The minimum atomic E-state index is 0. The minimum absolute atomic E-state index is 0. The van der Waals surface area contributed by atoms with E-state index in [0.717, 1.165) is 56.3 Å². The fourth-order valence-electron chi connectivity index (χ4n) is 3.81. The summed E-state index contributed by atoms with van der Waals surface area (Å²) < 4.78 is 1.17. The number of rotatable bonds is 6. The number of hydrogen-bond donors (Lipinski definition) is 1. The summed E-state index contributed by atoms with van der Waals surface area (Å²) in [4.78, 5) is 22.5. The van der Waals surface area contributed by atoms with Crippen LogP contribution in [0.1, 0.15) is 16.9 Å². The van der Waals surface area contributed by atoms with Gasteiger partial charge in [-0.2, -0.15) is 0 Å². The van der Waals surface area contributed by atoms with Crippen LogP contribution in [-0.4, -0.2) is 35.1 Å². The van der Waals surface area contributed by atoms with Gasteiger partial charge in [0.05, 0.1) is 10.2 Å². The SMILES string of the molecule is CN1CCc2c(sc(NC(=O)CCSc3ccc(Cl)cc3)c2-c2nc3ccccc3s2)C1.Cl. The summed E-state index contributed by atoms with van der Waals surface area (Å²) in [5.74, 6) is 0.762. The number of fused-ring (bicyclic) bond motifs is 2. The van der Waals surface area contributed by atoms with Crippen molar-refractivity contribution in [2.45, 2.75) is 24.3 Å². The Hall–Kier alpha value is -1.61. The molecule has 172 valence electrons. The summed E-state index contributed by atoms with van der Waals surface area (Å²) in [5, 5.41) is 5.87. The van der Waals surface area contributed by atoms with E-state index in [1.165, 1.54) is 15.1 Å². The zero-order valence-electron chi connectivity index (χ0n) is 18.0. The fraction of sp³-hybridized carbons (Fsp3) is 0.250. The van der Waals surface area contributed by atoms with E-state index >= 15 is 0 Å². The van der Waals surface area contributed by atoms with Crippen molar-refractivity contribution in [3.63, 3.8) is 0 Å². The molecule has 33 heavy (non-hydrogen) atoms. The van der Waals surface area contributed by atoms with Gasteiger partial charge in [-0.25, -0.2) is 4.98 Å². The Kier molecular flexibility index (Phi) is 7.99. The maximum atomic E-state index is 12.8. The molecule has 0 unspecified atom stereocenters. The number of thiophene rings is 1. The number of amides is 1. The van der Waals surface area contributed by atoms with Gasteiger partial charge in [0.25, 0.3) is 0 Å². The first-order valence-electron chi connectivity index (χ1n) is 10.4. The first kappa shape index (κ1) is 24.5. The molecule has 4 nitrogen and oxygen atoms in total. The lowest BCUT2D eigenvalue weighted by Crippen LogP contribution is -2.25. The van der Waals surface area contributed by atoms with E-state index in [1.54, 1.807) is 34.4 Å². The predicted octanol–water partition coefficient (Wildman–Crippen LogP) is 7.21. The fourth-order valence-corrected chi connectivity index (χ4v) is 7.24. The number of halogens is 2. The van der Waals surface area contributed by atoms with Crippen LogP contribution >= 0.6 is 58.4 Å². The number of anilines is 1. The van der Waals surface area contributed by atoms with E-state index in [9.17, 15) is 4.79 Å². The van der Waals surface area contributed by atoms with E-state index < -0.39 is 0 Å². The molecule has 4 aromatic rings. The van der Waals surface area contributed by atoms with Crippen LogP contribution in [0.5, 0.6) is 0 Å². The van der Waals surface area contributed by atoms with Crippen LogP contribution in [0.15, 0.2) is 53.4 Å². The van der Waals surface area contributed by atoms with Crippen molar-refractivity contribution in [3.05, 3.63) is 64.0 Å². The van der Waals surface area contributed by atoms with Crippen molar-refractivity contribution in [2.24, 2.45) is 0 Å². The molecule has 2 aromatic carbocycles. The molecular weight excluding hydrogens is 513 g/mol. The summed E-state index contributed by atoms with van der Waals surface area (Å²) in [6.07, 6.45) is 1.44. The Bertz CT molecular complexity index is 1240. The van der Waals surface area contributed by atoms with Crippen LogP contribution in [0, 0.1) is 0 Å². The molecule has 1 amide bonds. The largest absolute Gasteiger partial charge is 0.317 e. The van der Waals surface area contributed by atoms with E-state index in [-0.39, 0.29) is 18.3 Å². The molecule has 0 saturated heterocycles. The number of likely N-dealkylation sites (N-methyl/N-ethyl adjacent to an activating group) is 1. The molecule has 1 aliphatic heterocycles. The van der Waals surface area contributed by atoms with Crippen molar-refractivity contribution in [1.29, 1.82) is 0 Å². The molecule has 0 bridgehead atoms. The molecule has 0 fully saturated rings. The van der Waals surface area contributed by atoms with E-state index in [1.807, 2.05) is 42.5 Å². The average Bonchev–Trinajstić information content (AvgIpc) is 3.35. The molecule has 3 heterocycles. The summed E-state index contributed by atoms with van der Waals surface area (Å²) in [6.45, 7) is 1.94. The number of benzene rings is 2. The van der Waals surface area contributed by atoms with Gasteiger partial charge in [-0.15, -0.1) is 46.8 Å². The lowest BCUT2D eigenvalue weighted by Gasteiger charge is -2.22. The standard InChI is InChI=1S/C24H22ClN3OS3.ClH/c1-28-12-10-17-20(14-28)32-24(22(17)23-26-18-4-2-3-5-19(18)31-23)27-21(29)11-13-30-16-8-6-15(25)7-9-16;/h2-9H,10-14H2,1H3,(H,27,29);1H. The molecule has 0 atom stereocenters. The topological polar surface area (TPSA) is 45.2 Å². The average molecular weight is 537 g/mol. The summed E-state index contributed by atoms with van der Waals surface area (Å²) in [5.41, 5.74) is 3.48. The Morgan fingerprint density at radius 2 is 1.97 bits per heavy atom. The second-order valence-electron chi connectivity index (χ2n) is 7.78. The third-order valence-corrected chi connectivity index (χ3v) is 8.87. The normalized spacial score (nSPS) is 13.5. The van der Waals surface area contributed by atoms with Crippen LogP contribution in [0.3, 0.4) is 0 Å². The molecule has 0 radical (unpaired) electrons. The highest BCUT2D eigenvalue weighted by Crippen LogP contribution is 2.45. The number of thiazole rings is 1. The maximum absolute atomic E-state index is 12.8. The smallest absolute Gasteiger partial charge is 0.225 e. The molecule has 5 rings (SSSR count). The number of nitrogens with zero attached hydrogens (tertiary/aromatic N) is 2. The van der Waals surface area contributed by atoms with Gasteiger partial charge in [-0.05, 0) is 55.4 Å². The molecule has 1 N–H and O–H groups in total. The van der Waals surface area contributed by atoms with Crippen molar-refractivity contribution < 1.29 is 4.79 Å². The molecule has 0 aliphatic carbocycles. The van der Waals surface area contributed by atoms with Crippen molar-refractivity contribution in [2.75, 3.05) is 24.7 Å². The zero-order valence-corrected chi connectivity index (χ0v) is 22.0. The number of carbonyl (C=O) groups is 1. The number of aromatic nitrogens is 1. The van der Waals surface area contributed by atoms with Gasteiger partial charge >= 0.3 is 0 Å². The third kappa shape index (κ3) is 5.56. The third-order valence-electron chi connectivity index (χ3n) is 5.42. The molecule has 0 spiro atoms. The summed E-state index contributed by atoms with van der Waals surface area (Å²) >= 11 is 11.0. The Labute approximate surface area is 216 Å². The van der Waals surface area contributed by atoms with Gasteiger partial charge in [0.2, 0.25) is 5.91 Å². The Morgan fingerprint density at radius 3 is 2.76 bits per heavy atom. The lowest BCUT2D eigenvalue weighted by molar-refractivity contribution is -0.115. The molecule has 9 heteroatoms. The zero-order chi connectivity index (χ0) is 22.1. The number of carbonyl (C=O) groups excluding carboxylic acids is 1. The van der Waals surface area contributed by atoms with Crippen molar-refractivity contribution in [1.82, 2.24) is 9.88 Å². The highest BCUT2D eigenvalue weighted by Gasteiger charge is 2.26. The van der Waals surface area contributed by atoms with Gasteiger partial charge in [0.1, 0.15) is 10.0 Å². The van der Waals surface area contributed by atoms with Gasteiger partial charge in [-0.3, -0.25) is 4.79 Å². The number of nitrogens with one attached hydrogen (secondary N) is 1. The van der Waals surface area contributed by atoms with Crippen LogP contribution in [-0.2, 0) is 17.8 Å². The number of thioether (sulfide) groups is 1. The molecule has 2 aromatic heterocycles. The second-order valence-corrected chi connectivity index (χ2v) is 11.5. The Balaban J connectivity index is 0.00000259. The first-order valence-corrected chi connectivity index (χ1v) is 13.4. The van der Waals surface area contributed by atoms with Crippen LogP contribution < -0.4 is 5.32 Å². The van der Waals surface area contributed by atoms with Crippen molar-refractivity contribution in [3.8, 4) is 10.6 Å². The minimum Gasteiger partial charge on any atom is -0.317 e. The lowest BCUT2D eigenvalue weighted by atomic mass is 10.0. The Morgan fingerprint density at radius 1 is 1.18 bits per heavy atom. The van der Waals surface area contributed by atoms with Gasteiger partial charge in [-0.1, -0.05) is 23.7 Å².